The van der Waals surface area contributed by atoms with Crippen molar-refractivity contribution < 1.29 is 19.1 Å². The Labute approximate surface area is 97.4 Å². The molecule has 0 spiro atoms. The molecule has 0 saturated heterocycles. The van der Waals surface area contributed by atoms with E-state index in [1.807, 2.05) is 0 Å². The lowest BCUT2D eigenvalue weighted by molar-refractivity contribution is 0.375. The van der Waals surface area contributed by atoms with Gasteiger partial charge in [0.15, 0.2) is 28.9 Å². The van der Waals surface area contributed by atoms with Crippen LogP contribution >= 0.6 is 15.9 Å². The Hall–Kier alpha value is -1.76. The van der Waals surface area contributed by atoms with Crippen molar-refractivity contribution >= 4 is 21.7 Å². The number of nitrogens with two attached hydrogens (primary N) is 1. The van der Waals surface area contributed by atoms with Gasteiger partial charge in [-0.3, -0.25) is 0 Å². The quantitative estimate of drug-likeness (QED) is 0.700. The summed E-state index contributed by atoms with van der Waals surface area (Å²) in [4.78, 5) is 0. The van der Waals surface area contributed by atoms with E-state index in [1.165, 1.54) is 12.1 Å². The van der Waals surface area contributed by atoms with E-state index in [2.05, 4.69) is 21.1 Å². The average Bonchev–Trinajstić information content (AvgIpc) is 2.67. The number of hydrogen-bond acceptors (Lipinski definition) is 5. The number of rotatable bonds is 1. The SMILES string of the molecule is Nc1cc(-c2cc(Br)c(F)c(O)c2O)on1. The Kier molecular flexibility index (Phi) is 2.47. The van der Waals surface area contributed by atoms with Gasteiger partial charge in [-0.2, -0.15) is 0 Å². The largest absolute Gasteiger partial charge is 0.504 e. The van der Waals surface area contributed by atoms with Gasteiger partial charge >= 0.3 is 0 Å². The number of nitrogen functional groups attached to an aromatic ring is 1. The lowest BCUT2D eigenvalue weighted by Gasteiger charge is -2.05. The molecule has 0 bridgehead atoms. The van der Waals surface area contributed by atoms with Gasteiger partial charge in [0.25, 0.3) is 0 Å². The third kappa shape index (κ3) is 1.58. The highest BCUT2D eigenvalue weighted by Gasteiger charge is 2.19. The highest BCUT2D eigenvalue weighted by molar-refractivity contribution is 9.10. The van der Waals surface area contributed by atoms with E-state index in [4.69, 9.17) is 10.3 Å². The fourth-order valence-corrected chi connectivity index (χ4v) is 1.62. The fraction of sp³-hybridized carbons (Fsp3) is 0. The molecule has 5 nitrogen and oxygen atoms in total. The minimum Gasteiger partial charge on any atom is -0.504 e. The van der Waals surface area contributed by atoms with Gasteiger partial charge in [-0.25, -0.2) is 4.39 Å². The normalized spacial score (nSPS) is 10.6. The lowest BCUT2D eigenvalue weighted by Crippen LogP contribution is -1.84. The Bertz CT molecular complexity index is 556. The minimum atomic E-state index is -0.950. The van der Waals surface area contributed by atoms with Crippen molar-refractivity contribution in [2.45, 2.75) is 0 Å². The van der Waals surface area contributed by atoms with Gasteiger partial charge in [-0.1, -0.05) is 5.16 Å². The molecule has 84 valence electrons. The molecule has 16 heavy (non-hydrogen) atoms. The molecular weight excluding hydrogens is 283 g/mol. The number of phenolic OH excluding ortho intramolecular Hbond substituents is 2. The predicted octanol–water partition coefficient (Wildman–Crippen LogP) is 2.24. The Balaban J connectivity index is 2.66. The van der Waals surface area contributed by atoms with Crippen LogP contribution in [0.15, 0.2) is 21.1 Å². The van der Waals surface area contributed by atoms with Crippen LogP contribution in [0.5, 0.6) is 11.5 Å². The molecule has 0 aliphatic carbocycles. The van der Waals surface area contributed by atoms with Crippen molar-refractivity contribution in [2.75, 3.05) is 5.73 Å². The van der Waals surface area contributed by atoms with Crippen LogP contribution in [0, 0.1) is 5.82 Å². The van der Waals surface area contributed by atoms with Crippen LogP contribution in [0.1, 0.15) is 0 Å². The molecule has 2 rings (SSSR count). The standard InChI is InChI=1S/C9H6BrFN2O3/c10-4-1-3(5-2-6(12)13-16-5)8(14)9(15)7(4)11/h1-2,14-15H,(H2,12,13). The Morgan fingerprint density at radius 2 is 2.00 bits per heavy atom. The van der Waals surface area contributed by atoms with Crippen LogP contribution in [0.4, 0.5) is 10.2 Å². The van der Waals surface area contributed by atoms with Crippen molar-refractivity contribution in [1.29, 1.82) is 0 Å². The highest BCUT2D eigenvalue weighted by Crippen LogP contribution is 2.41. The van der Waals surface area contributed by atoms with E-state index < -0.39 is 17.3 Å². The van der Waals surface area contributed by atoms with Crippen molar-refractivity contribution in [2.24, 2.45) is 0 Å². The summed E-state index contributed by atoms with van der Waals surface area (Å²) in [6.45, 7) is 0. The Morgan fingerprint density at radius 1 is 1.31 bits per heavy atom. The summed E-state index contributed by atoms with van der Waals surface area (Å²) in [6.07, 6.45) is 0. The van der Waals surface area contributed by atoms with Crippen molar-refractivity contribution in [1.82, 2.24) is 5.16 Å². The first kappa shape index (κ1) is 10.7. The van der Waals surface area contributed by atoms with Gasteiger partial charge in [-0.05, 0) is 22.0 Å². The molecule has 2 aromatic rings. The third-order valence-corrected chi connectivity index (χ3v) is 2.54. The molecule has 0 unspecified atom stereocenters. The molecular formula is C9H6BrFN2O3. The maximum absolute atomic E-state index is 13.2. The second-order valence-corrected chi connectivity index (χ2v) is 3.89. The number of anilines is 1. The van der Waals surface area contributed by atoms with Crippen LogP contribution in [-0.2, 0) is 0 Å². The van der Waals surface area contributed by atoms with Gasteiger partial charge in [0.05, 0.1) is 10.0 Å². The van der Waals surface area contributed by atoms with Crippen molar-refractivity contribution in [3.05, 3.63) is 22.4 Å². The molecule has 7 heteroatoms. The molecule has 0 saturated carbocycles. The van der Waals surface area contributed by atoms with E-state index in [9.17, 15) is 14.6 Å². The van der Waals surface area contributed by atoms with Gasteiger partial charge in [-0.15, -0.1) is 0 Å². The van der Waals surface area contributed by atoms with Crippen LogP contribution in [0.3, 0.4) is 0 Å². The zero-order chi connectivity index (χ0) is 11.9. The molecule has 4 N–H and O–H groups in total. The Morgan fingerprint density at radius 3 is 2.56 bits per heavy atom. The minimum absolute atomic E-state index is 0.00669. The number of aromatic nitrogens is 1. The van der Waals surface area contributed by atoms with E-state index >= 15 is 0 Å². The van der Waals surface area contributed by atoms with Gasteiger partial charge in [0.2, 0.25) is 0 Å². The summed E-state index contributed by atoms with van der Waals surface area (Å²) in [6, 6.07) is 2.60. The molecule has 1 aromatic heterocycles. The second-order valence-electron chi connectivity index (χ2n) is 3.03. The van der Waals surface area contributed by atoms with E-state index in [0.29, 0.717) is 0 Å². The highest BCUT2D eigenvalue weighted by atomic mass is 79.9. The predicted molar refractivity (Wildman–Crippen MR) is 57.3 cm³/mol. The molecule has 0 aliphatic heterocycles. The van der Waals surface area contributed by atoms with E-state index in [1.54, 1.807) is 0 Å². The van der Waals surface area contributed by atoms with E-state index in [0.717, 1.165) is 0 Å². The molecule has 1 heterocycles. The van der Waals surface area contributed by atoms with Gasteiger partial charge < -0.3 is 20.5 Å². The number of hydrogen-bond donors (Lipinski definition) is 3. The lowest BCUT2D eigenvalue weighted by atomic mass is 10.1. The first-order valence-corrected chi connectivity index (χ1v) is 4.92. The molecule has 0 fully saturated rings. The molecule has 1 aromatic carbocycles. The maximum Gasteiger partial charge on any atom is 0.196 e. The van der Waals surface area contributed by atoms with Crippen LogP contribution in [0.25, 0.3) is 11.3 Å². The molecule has 0 atom stereocenters. The number of benzene rings is 1. The number of nitrogens with zero attached hydrogens (tertiary/aromatic N) is 1. The summed E-state index contributed by atoms with van der Waals surface area (Å²) in [5.74, 6) is -2.19. The number of phenols is 2. The monoisotopic (exact) mass is 288 g/mol. The average molecular weight is 289 g/mol. The van der Waals surface area contributed by atoms with Crippen LogP contribution in [-0.4, -0.2) is 15.4 Å². The first-order valence-electron chi connectivity index (χ1n) is 4.13. The van der Waals surface area contributed by atoms with Gasteiger partial charge in [0, 0.05) is 6.07 Å². The molecule has 0 amide bonds. The van der Waals surface area contributed by atoms with Crippen LogP contribution < -0.4 is 5.73 Å². The summed E-state index contributed by atoms with van der Waals surface area (Å²) >= 11 is 2.90. The fourth-order valence-electron chi connectivity index (χ4n) is 1.21. The smallest absolute Gasteiger partial charge is 0.196 e. The zero-order valence-corrected chi connectivity index (χ0v) is 9.32. The third-order valence-electron chi connectivity index (χ3n) is 1.96. The summed E-state index contributed by atoms with van der Waals surface area (Å²) < 4.78 is 17.9. The molecule has 0 radical (unpaired) electrons. The summed E-state index contributed by atoms with van der Waals surface area (Å²) in [5.41, 5.74) is 5.43. The summed E-state index contributed by atoms with van der Waals surface area (Å²) in [5, 5.41) is 22.2. The van der Waals surface area contributed by atoms with Crippen LogP contribution in [0.2, 0.25) is 0 Å². The summed E-state index contributed by atoms with van der Waals surface area (Å²) in [7, 11) is 0. The maximum atomic E-state index is 13.2. The number of aromatic hydroxyl groups is 2. The van der Waals surface area contributed by atoms with Crippen molar-refractivity contribution in [3.63, 3.8) is 0 Å². The van der Waals surface area contributed by atoms with E-state index in [-0.39, 0.29) is 21.6 Å². The van der Waals surface area contributed by atoms with Gasteiger partial charge in [0.1, 0.15) is 0 Å². The second kappa shape index (κ2) is 3.67. The molecule has 0 aliphatic rings. The first-order chi connectivity index (χ1) is 7.50. The zero-order valence-electron chi connectivity index (χ0n) is 7.74. The van der Waals surface area contributed by atoms with Crippen molar-refractivity contribution in [3.8, 4) is 22.8 Å². The number of halogens is 2. The topological polar surface area (TPSA) is 92.5 Å².